The summed E-state index contributed by atoms with van der Waals surface area (Å²) in [5.41, 5.74) is 1.15. The fourth-order valence-electron chi connectivity index (χ4n) is 2.37. The molecular formula is C13H18Cl2N2. The van der Waals surface area contributed by atoms with Gasteiger partial charge in [-0.1, -0.05) is 24.4 Å². The fraction of sp³-hybridized carbons (Fsp3) is 0.615. The maximum Gasteiger partial charge on any atom is 0.0634 e. The molecule has 1 aliphatic rings. The lowest BCUT2D eigenvalue weighted by molar-refractivity contribution is 0.207. The number of halogens is 2. The van der Waals surface area contributed by atoms with Crippen molar-refractivity contribution >= 4 is 23.2 Å². The van der Waals surface area contributed by atoms with Crippen LogP contribution in [0, 0.1) is 0 Å². The first kappa shape index (κ1) is 13.1. The Hall–Kier alpha value is -0.310. The average Bonchev–Trinajstić information content (AvgIpc) is 2.57. The Kier molecular flexibility index (Phi) is 5.08. The maximum atomic E-state index is 6.15. The van der Waals surface area contributed by atoms with Gasteiger partial charge in [-0.25, -0.2) is 0 Å². The van der Waals surface area contributed by atoms with Crippen molar-refractivity contribution in [1.29, 1.82) is 0 Å². The summed E-state index contributed by atoms with van der Waals surface area (Å²) in [5, 5.41) is 0.755. The average molecular weight is 273 g/mol. The van der Waals surface area contributed by atoms with Gasteiger partial charge in [0.25, 0.3) is 0 Å². The van der Waals surface area contributed by atoms with Gasteiger partial charge in [-0.2, -0.15) is 0 Å². The third-order valence-electron chi connectivity index (χ3n) is 3.41. The molecule has 1 aromatic rings. The van der Waals surface area contributed by atoms with Crippen LogP contribution in [-0.2, 0) is 6.54 Å². The first-order valence-electron chi connectivity index (χ1n) is 6.19. The van der Waals surface area contributed by atoms with Crippen molar-refractivity contribution in [2.75, 3.05) is 12.4 Å². The minimum absolute atomic E-state index is 0.489. The molecule has 0 bridgehead atoms. The van der Waals surface area contributed by atoms with E-state index in [1.54, 1.807) is 12.4 Å². The number of aromatic nitrogens is 1. The fourth-order valence-corrected chi connectivity index (χ4v) is 2.90. The van der Waals surface area contributed by atoms with Crippen molar-refractivity contribution in [3.63, 3.8) is 0 Å². The second kappa shape index (κ2) is 6.58. The molecule has 1 atom stereocenters. The SMILES string of the molecule is ClCC1CCCCCN1Cc1ccncc1Cl. The van der Waals surface area contributed by atoms with Crippen LogP contribution in [0.2, 0.25) is 5.02 Å². The van der Waals surface area contributed by atoms with E-state index in [2.05, 4.69) is 9.88 Å². The molecular weight excluding hydrogens is 255 g/mol. The molecule has 2 nitrogen and oxygen atoms in total. The van der Waals surface area contributed by atoms with Gasteiger partial charge in [-0.05, 0) is 31.0 Å². The van der Waals surface area contributed by atoms with Crippen LogP contribution < -0.4 is 0 Å². The number of pyridine rings is 1. The Morgan fingerprint density at radius 3 is 3.00 bits per heavy atom. The summed E-state index contributed by atoms with van der Waals surface area (Å²) in [6.45, 7) is 2.01. The minimum atomic E-state index is 0.489. The van der Waals surface area contributed by atoms with E-state index in [4.69, 9.17) is 23.2 Å². The highest BCUT2D eigenvalue weighted by Gasteiger charge is 2.20. The summed E-state index contributed by atoms with van der Waals surface area (Å²) in [6, 6.07) is 2.49. The van der Waals surface area contributed by atoms with Crippen LogP contribution in [0.1, 0.15) is 31.2 Å². The molecule has 17 heavy (non-hydrogen) atoms. The summed E-state index contributed by atoms with van der Waals surface area (Å²) in [5.74, 6) is 0.711. The summed E-state index contributed by atoms with van der Waals surface area (Å²) in [4.78, 5) is 6.48. The largest absolute Gasteiger partial charge is 0.295 e. The first-order chi connectivity index (χ1) is 8.31. The standard InChI is InChI=1S/C13H18Cl2N2/c14-8-12-4-2-1-3-7-17(12)10-11-5-6-16-9-13(11)15/h5-6,9,12H,1-4,7-8,10H2. The Labute approximate surface area is 113 Å². The molecule has 0 aliphatic carbocycles. The summed E-state index contributed by atoms with van der Waals surface area (Å²) in [6.07, 6.45) is 8.58. The molecule has 0 aromatic carbocycles. The highest BCUT2D eigenvalue weighted by atomic mass is 35.5. The van der Waals surface area contributed by atoms with E-state index in [0.717, 1.165) is 23.7 Å². The summed E-state index contributed by atoms with van der Waals surface area (Å²) < 4.78 is 0. The van der Waals surface area contributed by atoms with E-state index < -0.39 is 0 Å². The summed E-state index contributed by atoms with van der Waals surface area (Å²) >= 11 is 12.2. The third-order valence-corrected chi connectivity index (χ3v) is 4.10. The number of alkyl halides is 1. The van der Waals surface area contributed by atoms with E-state index in [1.165, 1.54) is 25.7 Å². The lowest BCUT2D eigenvalue weighted by Crippen LogP contribution is -2.35. The molecule has 0 amide bonds. The van der Waals surface area contributed by atoms with Gasteiger partial charge in [0, 0.05) is 30.9 Å². The van der Waals surface area contributed by atoms with Crippen molar-refractivity contribution in [1.82, 2.24) is 9.88 Å². The van der Waals surface area contributed by atoms with Crippen LogP contribution in [0.3, 0.4) is 0 Å². The number of likely N-dealkylation sites (tertiary alicyclic amines) is 1. The Morgan fingerprint density at radius 1 is 1.35 bits per heavy atom. The van der Waals surface area contributed by atoms with Crippen molar-refractivity contribution < 1.29 is 0 Å². The van der Waals surface area contributed by atoms with Crippen LogP contribution >= 0.6 is 23.2 Å². The second-order valence-electron chi connectivity index (χ2n) is 4.60. The highest BCUT2D eigenvalue weighted by molar-refractivity contribution is 6.31. The number of nitrogens with zero attached hydrogens (tertiary/aromatic N) is 2. The quantitative estimate of drug-likeness (QED) is 0.780. The van der Waals surface area contributed by atoms with Gasteiger partial charge in [0.05, 0.1) is 5.02 Å². The van der Waals surface area contributed by atoms with Gasteiger partial charge in [0.2, 0.25) is 0 Å². The molecule has 94 valence electrons. The van der Waals surface area contributed by atoms with E-state index >= 15 is 0 Å². The van der Waals surface area contributed by atoms with Gasteiger partial charge >= 0.3 is 0 Å². The monoisotopic (exact) mass is 272 g/mol. The number of hydrogen-bond donors (Lipinski definition) is 0. The van der Waals surface area contributed by atoms with Gasteiger partial charge in [0.1, 0.15) is 0 Å². The first-order valence-corrected chi connectivity index (χ1v) is 7.11. The maximum absolute atomic E-state index is 6.15. The van der Waals surface area contributed by atoms with Gasteiger partial charge in [-0.15, -0.1) is 11.6 Å². The molecule has 1 aromatic heterocycles. The third kappa shape index (κ3) is 3.57. The zero-order chi connectivity index (χ0) is 12.1. The van der Waals surface area contributed by atoms with Crippen molar-refractivity contribution in [2.45, 2.75) is 38.3 Å². The van der Waals surface area contributed by atoms with Crippen LogP contribution in [-0.4, -0.2) is 28.4 Å². The topological polar surface area (TPSA) is 16.1 Å². The second-order valence-corrected chi connectivity index (χ2v) is 5.31. The molecule has 1 fully saturated rings. The molecule has 4 heteroatoms. The van der Waals surface area contributed by atoms with E-state index in [0.29, 0.717) is 11.9 Å². The van der Waals surface area contributed by atoms with E-state index in [-0.39, 0.29) is 0 Å². The zero-order valence-corrected chi connectivity index (χ0v) is 11.4. The van der Waals surface area contributed by atoms with Crippen LogP contribution in [0.5, 0.6) is 0 Å². The Balaban J connectivity index is 2.07. The smallest absolute Gasteiger partial charge is 0.0634 e. The molecule has 1 unspecified atom stereocenters. The van der Waals surface area contributed by atoms with Crippen LogP contribution in [0.25, 0.3) is 0 Å². The van der Waals surface area contributed by atoms with Crippen molar-refractivity contribution in [3.05, 3.63) is 29.0 Å². The van der Waals surface area contributed by atoms with Gasteiger partial charge in [-0.3, -0.25) is 9.88 Å². The van der Waals surface area contributed by atoms with Gasteiger partial charge in [0.15, 0.2) is 0 Å². The summed E-state index contributed by atoms with van der Waals surface area (Å²) in [7, 11) is 0. The van der Waals surface area contributed by atoms with Crippen molar-refractivity contribution in [3.8, 4) is 0 Å². The van der Waals surface area contributed by atoms with Crippen LogP contribution in [0.15, 0.2) is 18.5 Å². The molecule has 0 saturated carbocycles. The molecule has 0 N–H and O–H groups in total. The lowest BCUT2D eigenvalue weighted by Gasteiger charge is -2.28. The molecule has 1 aliphatic heterocycles. The Morgan fingerprint density at radius 2 is 2.24 bits per heavy atom. The molecule has 2 heterocycles. The molecule has 1 saturated heterocycles. The predicted octanol–water partition coefficient (Wildman–Crippen LogP) is 3.72. The molecule has 2 rings (SSSR count). The van der Waals surface area contributed by atoms with Crippen molar-refractivity contribution in [2.24, 2.45) is 0 Å². The normalized spacial score (nSPS) is 22.4. The molecule has 0 spiro atoms. The van der Waals surface area contributed by atoms with Gasteiger partial charge < -0.3 is 0 Å². The zero-order valence-electron chi connectivity index (χ0n) is 9.91. The predicted molar refractivity (Wildman–Crippen MR) is 72.6 cm³/mol. The number of rotatable bonds is 3. The lowest BCUT2D eigenvalue weighted by atomic mass is 10.1. The molecule has 0 radical (unpaired) electrons. The van der Waals surface area contributed by atoms with Crippen LogP contribution in [0.4, 0.5) is 0 Å². The van der Waals surface area contributed by atoms with E-state index in [1.807, 2.05) is 6.07 Å². The van der Waals surface area contributed by atoms with E-state index in [9.17, 15) is 0 Å². The minimum Gasteiger partial charge on any atom is -0.295 e. The highest BCUT2D eigenvalue weighted by Crippen LogP contribution is 2.22. The Bertz CT molecular complexity index is 357. The number of hydrogen-bond acceptors (Lipinski definition) is 2.